The average molecular weight is 281 g/mol. The van der Waals surface area contributed by atoms with Crippen LogP contribution in [0.4, 0.5) is 0 Å². The van der Waals surface area contributed by atoms with Crippen LogP contribution in [0.2, 0.25) is 0 Å². The van der Waals surface area contributed by atoms with E-state index in [0.717, 1.165) is 38.9 Å². The fraction of sp³-hybridized carbons (Fsp3) is 0.938. The second-order valence-electron chi connectivity index (χ2n) is 6.95. The zero-order valence-electron chi connectivity index (χ0n) is 13.6. The first-order chi connectivity index (χ1) is 9.49. The van der Waals surface area contributed by atoms with Crippen molar-refractivity contribution in [2.24, 2.45) is 5.92 Å². The van der Waals surface area contributed by atoms with Crippen LogP contribution >= 0.6 is 0 Å². The maximum atomic E-state index is 12.6. The lowest BCUT2D eigenvalue weighted by Crippen LogP contribution is -2.54. The van der Waals surface area contributed by atoms with Crippen molar-refractivity contribution in [2.75, 3.05) is 26.7 Å². The molecule has 2 heterocycles. The van der Waals surface area contributed by atoms with Crippen molar-refractivity contribution in [1.82, 2.24) is 15.1 Å². The molecule has 2 fully saturated rings. The maximum absolute atomic E-state index is 12.6. The smallest absolute Gasteiger partial charge is 0.239 e. The minimum Gasteiger partial charge on any atom is -0.341 e. The predicted molar refractivity (Wildman–Crippen MR) is 82.7 cm³/mol. The number of hydrogen-bond acceptors (Lipinski definition) is 3. The number of likely N-dealkylation sites (N-methyl/N-ethyl adjacent to an activating group) is 1. The monoisotopic (exact) mass is 281 g/mol. The van der Waals surface area contributed by atoms with E-state index in [0.29, 0.717) is 23.9 Å². The van der Waals surface area contributed by atoms with Gasteiger partial charge in [-0.1, -0.05) is 6.92 Å². The third-order valence-electron chi connectivity index (χ3n) is 5.09. The number of amides is 1. The summed E-state index contributed by atoms with van der Waals surface area (Å²) in [4.78, 5) is 17.1. The van der Waals surface area contributed by atoms with E-state index < -0.39 is 0 Å². The summed E-state index contributed by atoms with van der Waals surface area (Å²) in [6, 6.07) is 1.10. The van der Waals surface area contributed by atoms with Gasteiger partial charge < -0.3 is 15.1 Å². The van der Waals surface area contributed by atoms with Crippen LogP contribution in [0.3, 0.4) is 0 Å². The fourth-order valence-electron chi connectivity index (χ4n) is 3.51. The molecule has 0 bridgehead atoms. The van der Waals surface area contributed by atoms with E-state index >= 15 is 0 Å². The summed E-state index contributed by atoms with van der Waals surface area (Å²) in [5.74, 6) is 0.973. The fourth-order valence-corrected chi connectivity index (χ4v) is 3.51. The summed E-state index contributed by atoms with van der Waals surface area (Å²) in [7, 11) is 2.00. The molecule has 1 amide bonds. The molecule has 2 saturated heterocycles. The normalized spacial score (nSPS) is 29.6. The predicted octanol–water partition coefficient (Wildman–Crippen LogP) is 1.71. The highest BCUT2D eigenvalue weighted by atomic mass is 16.2. The van der Waals surface area contributed by atoms with Gasteiger partial charge in [0, 0.05) is 32.2 Å². The van der Waals surface area contributed by atoms with Crippen LogP contribution in [-0.4, -0.2) is 60.5 Å². The Hall–Kier alpha value is -0.610. The lowest BCUT2D eigenvalue weighted by molar-refractivity contribution is -0.136. The van der Waals surface area contributed by atoms with Gasteiger partial charge in [0.1, 0.15) is 0 Å². The summed E-state index contributed by atoms with van der Waals surface area (Å²) in [6.07, 6.45) is 4.42. The second-order valence-corrected chi connectivity index (χ2v) is 6.95. The molecule has 0 radical (unpaired) electrons. The van der Waals surface area contributed by atoms with Crippen LogP contribution in [-0.2, 0) is 4.79 Å². The van der Waals surface area contributed by atoms with Gasteiger partial charge in [-0.25, -0.2) is 0 Å². The molecule has 0 spiro atoms. The van der Waals surface area contributed by atoms with E-state index in [1.807, 2.05) is 11.9 Å². The highest BCUT2D eigenvalue weighted by Gasteiger charge is 2.31. The summed E-state index contributed by atoms with van der Waals surface area (Å²) in [5, 5.41) is 3.39. The molecule has 4 heteroatoms. The summed E-state index contributed by atoms with van der Waals surface area (Å²) in [5.41, 5.74) is 0. The first-order valence-corrected chi connectivity index (χ1v) is 8.23. The number of nitrogens with one attached hydrogen (secondary N) is 1. The van der Waals surface area contributed by atoms with E-state index in [9.17, 15) is 4.79 Å². The SMILES string of the molecule is CC1CCNC(C(=O)N(C)C2CCN(C(C)C)CC2)C1. The summed E-state index contributed by atoms with van der Waals surface area (Å²) < 4.78 is 0. The molecule has 2 rings (SSSR count). The van der Waals surface area contributed by atoms with E-state index in [2.05, 4.69) is 31.0 Å². The van der Waals surface area contributed by atoms with Gasteiger partial charge in [0.25, 0.3) is 0 Å². The lowest BCUT2D eigenvalue weighted by atomic mass is 9.93. The molecule has 4 nitrogen and oxygen atoms in total. The Morgan fingerprint density at radius 1 is 1.25 bits per heavy atom. The van der Waals surface area contributed by atoms with Crippen LogP contribution in [0, 0.1) is 5.92 Å². The van der Waals surface area contributed by atoms with Gasteiger partial charge in [-0.15, -0.1) is 0 Å². The molecular weight excluding hydrogens is 250 g/mol. The van der Waals surface area contributed by atoms with Crippen molar-refractivity contribution in [3.8, 4) is 0 Å². The third-order valence-corrected chi connectivity index (χ3v) is 5.09. The van der Waals surface area contributed by atoms with Crippen LogP contribution < -0.4 is 5.32 Å². The Labute approximate surface area is 123 Å². The summed E-state index contributed by atoms with van der Waals surface area (Å²) >= 11 is 0. The van der Waals surface area contributed by atoms with Crippen molar-refractivity contribution in [1.29, 1.82) is 0 Å². The highest BCUT2D eigenvalue weighted by Crippen LogP contribution is 2.21. The second kappa shape index (κ2) is 6.90. The first kappa shape index (κ1) is 15.8. The van der Waals surface area contributed by atoms with E-state index in [1.54, 1.807) is 0 Å². The Balaban J connectivity index is 1.85. The number of hydrogen-bond donors (Lipinski definition) is 1. The molecule has 2 aliphatic heterocycles. The van der Waals surface area contributed by atoms with Crippen LogP contribution in [0.25, 0.3) is 0 Å². The molecule has 2 unspecified atom stereocenters. The van der Waals surface area contributed by atoms with Crippen molar-refractivity contribution < 1.29 is 4.79 Å². The molecule has 2 atom stereocenters. The molecule has 20 heavy (non-hydrogen) atoms. The van der Waals surface area contributed by atoms with Gasteiger partial charge in [0.05, 0.1) is 6.04 Å². The zero-order valence-corrected chi connectivity index (χ0v) is 13.6. The highest BCUT2D eigenvalue weighted by molar-refractivity contribution is 5.82. The molecule has 0 aliphatic carbocycles. The van der Waals surface area contributed by atoms with Gasteiger partial charge in [-0.3, -0.25) is 4.79 Å². The number of carbonyl (C=O) groups excluding carboxylic acids is 1. The Morgan fingerprint density at radius 2 is 1.90 bits per heavy atom. The van der Waals surface area contributed by atoms with Gasteiger partial charge >= 0.3 is 0 Å². The molecule has 1 N–H and O–H groups in total. The molecule has 0 aromatic heterocycles. The zero-order chi connectivity index (χ0) is 14.7. The van der Waals surface area contributed by atoms with Crippen molar-refractivity contribution in [3.05, 3.63) is 0 Å². The summed E-state index contributed by atoms with van der Waals surface area (Å²) in [6.45, 7) is 9.98. The van der Waals surface area contributed by atoms with E-state index in [1.165, 1.54) is 6.42 Å². The maximum Gasteiger partial charge on any atom is 0.239 e. The Bertz CT molecular complexity index is 324. The standard InChI is InChI=1S/C16H31N3O/c1-12(2)19-9-6-14(7-10-19)18(4)16(20)15-11-13(3)5-8-17-15/h12-15,17H,5-11H2,1-4H3. The number of piperidine rings is 2. The van der Waals surface area contributed by atoms with Crippen molar-refractivity contribution >= 4 is 5.91 Å². The number of likely N-dealkylation sites (tertiary alicyclic amines) is 1. The molecule has 116 valence electrons. The molecular formula is C16H31N3O. The minimum absolute atomic E-state index is 0.0480. The lowest BCUT2D eigenvalue weighted by Gasteiger charge is -2.40. The van der Waals surface area contributed by atoms with E-state index in [4.69, 9.17) is 0 Å². The van der Waals surface area contributed by atoms with Crippen molar-refractivity contribution in [3.63, 3.8) is 0 Å². The topological polar surface area (TPSA) is 35.6 Å². The number of rotatable bonds is 3. The van der Waals surface area contributed by atoms with Gasteiger partial charge in [0.15, 0.2) is 0 Å². The number of nitrogens with zero attached hydrogens (tertiary/aromatic N) is 2. The molecule has 0 aromatic carbocycles. The van der Waals surface area contributed by atoms with Crippen molar-refractivity contribution in [2.45, 2.75) is 64.6 Å². The number of carbonyl (C=O) groups is 1. The third kappa shape index (κ3) is 3.73. The van der Waals surface area contributed by atoms with Crippen LogP contribution in [0.1, 0.15) is 46.5 Å². The molecule has 0 aromatic rings. The minimum atomic E-state index is 0.0480. The average Bonchev–Trinajstić information content (AvgIpc) is 2.46. The quantitative estimate of drug-likeness (QED) is 0.855. The largest absolute Gasteiger partial charge is 0.341 e. The molecule has 0 saturated carbocycles. The Kier molecular flexibility index (Phi) is 5.44. The van der Waals surface area contributed by atoms with Gasteiger partial charge in [-0.2, -0.15) is 0 Å². The van der Waals surface area contributed by atoms with Gasteiger partial charge in [0.2, 0.25) is 5.91 Å². The Morgan fingerprint density at radius 3 is 2.45 bits per heavy atom. The van der Waals surface area contributed by atoms with E-state index in [-0.39, 0.29) is 6.04 Å². The van der Waals surface area contributed by atoms with Gasteiger partial charge in [-0.05, 0) is 52.0 Å². The molecule has 2 aliphatic rings. The van der Waals surface area contributed by atoms with Crippen LogP contribution in [0.15, 0.2) is 0 Å². The van der Waals surface area contributed by atoms with Crippen LogP contribution in [0.5, 0.6) is 0 Å². The first-order valence-electron chi connectivity index (χ1n) is 8.23.